The van der Waals surface area contributed by atoms with Gasteiger partial charge in [-0.25, -0.2) is 4.98 Å². The lowest BCUT2D eigenvalue weighted by molar-refractivity contribution is -0.120. The highest BCUT2D eigenvalue weighted by Crippen LogP contribution is 2.24. The van der Waals surface area contributed by atoms with Crippen LogP contribution in [0.2, 0.25) is 0 Å². The molecule has 0 aliphatic rings. The van der Waals surface area contributed by atoms with Gasteiger partial charge in [0.1, 0.15) is 0 Å². The van der Waals surface area contributed by atoms with Crippen molar-refractivity contribution >= 4 is 17.7 Å². The third-order valence-corrected chi connectivity index (χ3v) is 3.92. The lowest BCUT2D eigenvalue weighted by Crippen LogP contribution is -2.31. The first-order valence-electron chi connectivity index (χ1n) is 6.75. The van der Waals surface area contributed by atoms with E-state index in [9.17, 15) is 4.79 Å². The summed E-state index contributed by atoms with van der Waals surface area (Å²) in [6.45, 7) is 4.66. The third-order valence-electron chi connectivity index (χ3n) is 2.84. The summed E-state index contributed by atoms with van der Waals surface area (Å²) < 4.78 is 1.99. The van der Waals surface area contributed by atoms with Gasteiger partial charge in [0.05, 0.1) is 5.25 Å². The second-order valence-electron chi connectivity index (χ2n) is 4.47. The minimum atomic E-state index is -0.161. The lowest BCUT2D eigenvalue weighted by atomic mass is 10.3. The fraction of sp³-hybridized carbons (Fsp3) is 0.333. The van der Waals surface area contributed by atoms with Crippen molar-refractivity contribution in [2.24, 2.45) is 0 Å². The van der Waals surface area contributed by atoms with E-state index in [4.69, 9.17) is 0 Å². The maximum Gasteiger partial charge on any atom is 0.233 e. The molecule has 2 rings (SSSR count). The first-order chi connectivity index (χ1) is 9.72. The van der Waals surface area contributed by atoms with Gasteiger partial charge in [0.15, 0.2) is 5.16 Å². The Kier molecular flexibility index (Phi) is 5.24. The van der Waals surface area contributed by atoms with E-state index in [1.54, 1.807) is 6.20 Å². The number of rotatable bonds is 6. The molecule has 4 nitrogen and oxygen atoms in total. The molecule has 1 amide bonds. The summed E-state index contributed by atoms with van der Waals surface area (Å²) in [5, 5.41) is 3.58. The van der Waals surface area contributed by atoms with Gasteiger partial charge in [0.25, 0.3) is 0 Å². The highest BCUT2D eigenvalue weighted by Gasteiger charge is 2.17. The van der Waals surface area contributed by atoms with Crippen molar-refractivity contribution in [1.82, 2.24) is 14.9 Å². The van der Waals surface area contributed by atoms with Gasteiger partial charge in [-0.15, -0.1) is 0 Å². The van der Waals surface area contributed by atoms with E-state index in [1.165, 1.54) is 11.8 Å². The van der Waals surface area contributed by atoms with Crippen LogP contribution in [0.1, 0.15) is 20.3 Å². The molecule has 0 saturated carbocycles. The summed E-state index contributed by atoms with van der Waals surface area (Å²) in [6.07, 6.45) is 4.61. The zero-order valence-electron chi connectivity index (χ0n) is 11.7. The number of thioether (sulfide) groups is 1. The number of hydrogen-bond acceptors (Lipinski definition) is 3. The van der Waals surface area contributed by atoms with Crippen LogP contribution in [-0.2, 0) is 4.79 Å². The van der Waals surface area contributed by atoms with Crippen molar-refractivity contribution in [3.63, 3.8) is 0 Å². The molecule has 0 bridgehead atoms. The molecule has 1 aromatic heterocycles. The quantitative estimate of drug-likeness (QED) is 0.832. The van der Waals surface area contributed by atoms with Crippen molar-refractivity contribution in [1.29, 1.82) is 0 Å². The van der Waals surface area contributed by atoms with Crippen LogP contribution in [0.15, 0.2) is 47.9 Å². The van der Waals surface area contributed by atoms with Gasteiger partial charge in [-0.05, 0) is 25.5 Å². The van der Waals surface area contributed by atoms with Gasteiger partial charge in [-0.1, -0.05) is 36.9 Å². The van der Waals surface area contributed by atoms with E-state index in [-0.39, 0.29) is 11.2 Å². The molecule has 0 aliphatic carbocycles. The number of para-hydroxylation sites is 1. The van der Waals surface area contributed by atoms with E-state index >= 15 is 0 Å². The fourth-order valence-corrected chi connectivity index (χ4v) is 2.67. The fourth-order valence-electron chi connectivity index (χ4n) is 1.77. The monoisotopic (exact) mass is 289 g/mol. The number of benzene rings is 1. The molecule has 0 spiro atoms. The van der Waals surface area contributed by atoms with Gasteiger partial charge in [0, 0.05) is 24.6 Å². The zero-order chi connectivity index (χ0) is 14.4. The summed E-state index contributed by atoms with van der Waals surface area (Å²) >= 11 is 1.47. The minimum Gasteiger partial charge on any atom is -0.355 e. The molecule has 106 valence electrons. The predicted octanol–water partition coefficient (Wildman–Crippen LogP) is 2.88. The van der Waals surface area contributed by atoms with Crippen LogP contribution in [-0.4, -0.2) is 27.3 Å². The zero-order valence-corrected chi connectivity index (χ0v) is 12.6. The Morgan fingerprint density at radius 3 is 2.85 bits per heavy atom. The van der Waals surface area contributed by atoms with Crippen molar-refractivity contribution in [3.8, 4) is 5.69 Å². The molecule has 0 unspecified atom stereocenters. The summed E-state index contributed by atoms with van der Waals surface area (Å²) in [6, 6.07) is 10.00. The molecule has 1 atom stereocenters. The largest absolute Gasteiger partial charge is 0.355 e. The topological polar surface area (TPSA) is 46.9 Å². The summed E-state index contributed by atoms with van der Waals surface area (Å²) in [5.74, 6) is 0.0551. The molecule has 2 aromatic rings. The SMILES string of the molecule is CCCNC(=O)[C@H](C)Sc1nccn1-c1ccccc1. The van der Waals surface area contributed by atoms with Crippen LogP contribution in [0.25, 0.3) is 5.69 Å². The first kappa shape index (κ1) is 14.7. The molecular weight excluding hydrogens is 270 g/mol. The van der Waals surface area contributed by atoms with Gasteiger partial charge in [-0.2, -0.15) is 0 Å². The molecular formula is C15H19N3OS. The molecule has 1 N–H and O–H groups in total. The number of amides is 1. The lowest BCUT2D eigenvalue weighted by Gasteiger charge is -2.12. The highest BCUT2D eigenvalue weighted by atomic mass is 32.2. The smallest absolute Gasteiger partial charge is 0.233 e. The average molecular weight is 289 g/mol. The van der Waals surface area contributed by atoms with E-state index in [0.29, 0.717) is 0 Å². The maximum absolute atomic E-state index is 11.9. The molecule has 5 heteroatoms. The van der Waals surface area contributed by atoms with Crippen molar-refractivity contribution in [2.45, 2.75) is 30.7 Å². The van der Waals surface area contributed by atoms with Crippen LogP contribution in [0, 0.1) is 0 Å². The molecule has 0 saturated heterocycles. The standard InChI is InChI=1S/C15H19N3OS/c1-3-9-16-14(19)12(2)20-15-17-10-11-18(15)13-7-5-4-6-8-13/h4-8,10-12H,3,9H2,1-2H3,(H,16,19)/t12-/m0/s1. The van der Waals surface area contributed by atoms with E-state index < -0.39 is 0 Å². The van der Waals surface area contributed by atoms with E-state index in [2.05, 4.69) is 10.3 Å². The van der Waals surface area contributed by atoms with E-state index in [1.807, 2.05) is 54.9 Å². The Morgan fingerprint density at radius 2 is 2.15 bits per heavy atom. The number of imidazole rings is 1. The minimum absolute atomic E-state index is 0.0551. The van der Waals surface area contributed by atoms with Gasteiger partial charge >= 0.3 is 0 Å². The number of carbonyl (C=O) groups is 1. The van der Waals surface area contributed by atoms with Gasteiger partial charge in [-0.3, -0.25) is 9.36 Å². The Morgan fingerprint density at radius 1 is 1.40 bits per heavy atom. The van der Waals surface area contributed by atoms with Crippen LogP contribution in [0.5, 0.6) is 0 Å². The Labute approximate surface area is 123 Å². The third kappa shape index (κ3) is 3.63. The van der Waals surface area contributed by atoms with Crippen molar-refractivity contribution in [3.05, 3.63) is 42.7 Å². The highest BCUT2D eigenvalue weighted by molar-refractivity contribution is 8.00. The first-order valence-corrected chi connectivity index (χ1v) is 7.63. The molecule has 0 radical (unpaired) electrons. The summed E-state index contributed by atoms with van der Waals surface area (Å²) in [5.41, 5.74) is 1.05. The van der Waals surface area contributed by atoms with Crippen LogP contribution in [0.4, 0.5) is 0 Å². The van der Waals surface area contributed by atoms with Crippen LogP contribution >= 0.6 is 11.8 Å². The summed E-state index contributed by atoms with van der Waals surface area (Å²) in [7, 11) is 0. The maximum atomic E-state index is 11.9. The number of nitrogens with zero attached hydrogens (tertiary/aromatic N) is 2. The Hall–Kier alpha value is -1.75. The number of hydrogen-bond donors (Lipinski definition) is 1. The Balaban J connectivity index is 2.08. The number of carbonyl (C=O) groups excluding carboxylic acids is 1. The normalized spacial score (nSPS) is 12.1. The van der Waals surface area contributed by atoms with Crippen molar-refractivity contribution in [2.75, 3.05) is 6.54 Å². The second-order valence-corrected chi connectivity index (χ2v) is 5.77. The van der Waals surface area contributed by atoms with Gasteiger partial charge in [0.2, 0.25) is 5.91 Å². The van der Waals surface area contributed by atoms with Crippen LogP contribution < -0.4 is 5.32 Å². The molecule has 0 fully saturated rings. The number of aromatic nitrogens is 2. The molecule has 1 heterocycles. The predicted molar refractivity (Wildman–Crippen MR) is 82.2 cm³/mol. The van der Waals surface area contributed by atoms with Crippen LogP contribution in [0.3, 0.4) is 0 Å². The summed E-state index contributed by atoms with van der Waals surface area (Å²) in [4.78, 5) is 16.2. The average Bonchev–Trinajstić information content (AvgIpc) is 2.93. The number of nitrogens with one attached hydrogen (secondary N) is 1. The van der Waals surface area contributed by atoms with E-state index in [0.717, 1.165) is 23.8 Å². The second kappa shape index (κ2) is 7.14. The van der Waals surface area contributed by atoms with Gasteiger partial charge < -0.3 is 5.32 Å². The molecule has 20 heavy (non-hydrogen) atoms. The Bertz CT molecular complexity index is 553. The molecule has 0 aliphatic heterocycles. The molecule has 1 aromatic carbocycles. The van der Waals surface area contributed by atoms with Crippen molar-refractivity contribution < 1.29 is 4.79 Å².